The lowest BCUT2D eigenvalue weighted by atomic mass is 9.82. The van der Waals surface area contributed by atoms with Gasteiger partial charge in [0, 0.05) is 59.1 Å². The Kier molecular flexibility index (Phi) is 6.21. The van der Waals surface area contributed by atoms with Crippen molar-refractivity contribution < 1.29 is 0 Å². The standard InChI is InChI=1S/C49H34N2S/c1-49(2)41-18-10-8-16-37(41)38-24-22-36(30-42(38)49)50(33-14-4-3-5-15-33)35-23-25-43-40(29-35)47-44(26-27-46-48(47)39-17-9-11-19-45(39)52-46)51(43)34-21-20-31-12-6-7-13-32(31)28-34/h3-30H,1-2H3. The number of hydrogen-bond acceptors (Lipinski definition) is 2. The first kappa shape index (κ1) is 29.6. The number of para-hydroxylation sites is 1. The second kappa shape index (κ2) is 10.9. The molecule has 0 aliphatic heterocycles. The third-order valence-corrected chi connectivity index (χ3v) is 12.5. The molecule has 52 heavy (non-hydrogen) atoms. The Balaban J connectivity index is 1.20. The third kappa shape index (κ3) is 4.17. The van der Waals surface area contributed by atoms with Crippen molar-refractivity contribution in [1.29, 1.82) is 0 Å². The van der Waals surface area contributed by atoms with Crippen LogP contribution in [0.1, 0.15) is 25.0 Å². The molecule has 3 heteroatoms. The van der Waals surface area contributed by atoms with E-state index in [1.54, 1.807) is 0 Å². The average molecular weight is 683 g/mol. The fourth-order valence-electron chi connectivity index (χ4n) is 8.90. The van der Waals surface area contributed by atoms with E-state index in [4.69, 9.17) is 0 Å². The van der Waals surface area contributed by atoms with E-state index in [1.165, 1.54) is 80.7 Å². The van der Waals surface area contributed by atoms with Crippen molar-refractivity contribution in [2.75, 3.05) is 4.90 Å². The molecule has 2 nitrogen and oxygen atoms in total. The molecule has 0 unspecified atom stereocenters. The summed E-state index contributed by atoms with van der Waals surface area (Å²) in [6.07, 6.45) is 0. The minimum absolute atomic E-state index is 0.0901. The molecule has 1 aliphatic rings. The van der Waals surface area contributed by atoms with Crippen LogP contribution in [0.4, 0.5) is 17.1 Å². The van der Waals surface area contributed by atoms with E-state index < -0.39 is 0 Å². The molecule has 0 spiro atoms. The van der Waals surface area contributed by atoms with Gasteiger partial charge in [0.25, 0.3) is 0 Å². The molecule has 10 aromatic rings. The van der Waals surface area contributed by atoms with E-state index in [2.05, 4.69) is 193 Å². The molecular formula is C49H34N2S. The summed E-state index contributed by atoms with van der Waals surface area (Å²) < 4.78 is 5.10. The Bertz CT molecular complexity index is 3050. The lowest BCUT2D eigenvalue weighted by Gasteiger charge is -2.28. The number of aromatic nitrogens is 1. The SMILES string of the molecule is CC1(C)c2ccccc2-c2ccc(N(c3ccccc3)c3ccc4c(c3)c3c5c(ccc3n4-c3ccc4ccccc4c3)sc3ccccc35)cc21. The minimum atomic E-state index is -0.0901. The first-order chi connectivity index (χ1) is 25.5. The van der Waals surface area contributed by atoms with Crippen LogP contribution in [-0.2, 0) is 5.41 Å². The summed E-state index contributed by atoms with van der Waals surface area (Å²) in [5, 5.41) is 7.70. The summed E-state index contributed by atoms with van der Waals surface area (Å²) in [5.74, 6) is 0. The normalized spacial score (nSPS) is 13.3. The first-order valence-corrected chi connectivity index (χ1v) is 18.8. The van der Waals surface area contributed by atoms with Crippen LogP contribution >= 0.6 is 11.3 Å². The van der Waals surface area contributed by atoms with Crippen molar-refractivity contribution in [1.82, 2.24) is 4.57 Å². The van der Waals surface area contributed by atoms with Gasteiger partial charge in [0.2, 0.25) is 0 Å². The van der Waals surface area contributed by atoms with Crippen LogP contribution in [0.25, 0.3) is 69.6 Å². The van der Waals surface area contributed by atoms with Gasteiger partial charge in [0.15, 0.2) is 0 Å². The van der Waals surface area contributed by atoms with Crippen LogP contribution in [0.5, 0.6) is 0 Å². The second-order valence-electron chi connectivity index (χ2n) is 14.6. The van der Waals surface area contributed by atoms with E-state index >= 15 is 0 Å². The van der Waals surface area contributed by atoms with Crippen molar-refractivity contribution in [3.63, 3.8) is 0 Å². The highest BCUT2D eigenvalue weighted by atomic mass is 32.1. The number of benzene rings is 8. The van der Waals surface area contributed by atoms with Gasteiger partial charge in [0.1, 0.15) is 0 Å². The van der Waals surface area contributed by atoms with E-state index in [1.807, 2.05) is 11.3 Å². The Morgan fingerprint density at radius 3 is 2.08 bits per heavy atom. The lowest BCUT2D eigenvalue weighted by molar-refractivity contribution is 0.660. The van der Waals surface area contributed by atoms with Gasteiger partial charge >= 0.3 is 0 Å². The topological polar surface area (TPSA) is 8.17 Å². The highest BCUT2D eigenvalue weighted by molar-refractivity contribution is 7.26. The van der Waals surface area contributed by atoms with Crippen LogP contribution in [0.2, 0.25) is 0 Å². The lowest BCUT2D eigenvalue weighted by Crippen LogP contribution is -2.16. The van der Waals surface area contributed by atoms with E-state index in [-0.39, 0.29) is 5.41 Å². The number of thiophene rings is 1. The number of hydrogen-bond donors (Lipinski definition) is 0. The largest absolute Gasteiger partial charge is 0.310 e. The van der Waals surface area contributed by atoms with Crippen LogP contribution in [-0.4, -0.2) is 4.57 Å². The number of nitrogens with zero attached hydrogens (tertiary/aromatic N) is 2. The van der Waals surface area contributed by atoms with E-state index in [0.29, 0.717) is 0 Å². The van der Waals surface area contributed by atoms with Crippen LogP contribution in [0.15, 0.2) is 170 Å². The average Bonchev–Trinajstić information content (AvgIpc) is 3.80. The molecule has 0 radical (unpaired) electrons. The van der Waals surface area contributed by atoms with E-state index in [9.17, 15) is 0 Å². The van der Waals surface area contributed by atoms with Gasteiger partial charge in [-0.05, 0) is 106 Å². The molecule has 246 valence electrons. The number of anilines is 3. The number of fused-ring (bicyclic) bond motifs is 11. The molecule has 0 amide bonds. The summed E-state index contributed by atoms with van der Waals surface area (Å²) >= 11 is 1.88. The predicted octanol–water partition coefficient (Wildman–Crippen LogP) is 14.1. The first-order valence-electron chi connectivity index (χ1n) is 18.0. The quantitative estimate of drug-likeness (QED) is 0.179. The number of rotatable bonds is 4. The second-order valence-corrected chi connectivity index (χ2v) is 15.7. The molecule has 1 aliphatic carbocycles. The van der Waals surface area contributed by atoms with Gasteiger partial charge in [-0.1, -0.05) is 111 Å². The molecule has 0 saturated heterocycles. The molecule has 0 fully saturated rings. The summed E-state index contributed by atoms with van der Waals surface area (Å²) in [6, 6.07) is 62.9. The molecule has 2 heterocycles. The van der Waals surface area contributed by atoms with Gasteiger partial charge in [-0.2, -0.15) is 0 Å². The smallest absolute Gasteiger partial charge is 0.0548 e. The zero-order valence-corrected chi connectivity index (χ0v) is 29.8. The van der Waals surface area contributed by atoms with Crippen molar-refractivity contribution in [3.8, 4) is 16.8 Å². The van der Waals surface area contributed by atoms with Gasteiger partial charge < -0.3 is 9.47 Å². The summed E-state index contributed by atoms with van der Waals surface area (Å²) in [7, 11) is 0. The zero-order valence-electron chi connectivity index (χ0n) is 29.0. The monoisotopic (exact) mass is 682 g/mol. The summed E-state index contributed by atoms with van der Waals surface area (Å²) in [6.45, 7) is 4.72. The van der Waals surface area contributed by atoms with Crippen LogP contribution < -0.4 is 4.90 Å². The molecular weight excluding hydrogens is 649 g/mol. The highest BCUT2D eigenvalue weighted by Gasteiger charge is 2.35. The Hall–Kier alpha value is -6.16. The molecule has 0 saturated carbocycles. The minimum Gasteiger partial charge on any atom is -0.310 e. The van der Waals surface area contributed by atoms with Gasteiger partial charge in [0.05, 0.1) is 11.0 Å². The molecule has 2 aromatic heterocycles. The van der Waals surface area contributed by atoms with Crippen LogP contribution in [0, 0.1) is 0 Å². The summed E-state index contributed by atoms with van der Waals surface area (Å²) in [5.41, 5.74) is 12.4. The predicted molar refractivity (Wildman–Crippen MR) is 223 cm³/mol. The van der Waals surface area contributed by atoms with Crippen molar-refractivity contribution in [3.05, 3.63) is 181 Å². The third-order valence-electron chi connectivity index (χ3n) is 11.3. The van der Waals surface area contributed by atoms with Crippen molar-refractivity contribution >= 4 is 81.1 Å². The Labute approximate surface area is 306 Å². The fourth-order valence-corrected chi connectivity index (χ4v) is 10.0. The highest BCUT2D eigenvalue weighted by Crippen LogP contribution is 2.51. The maximum absolute atomic E-state index is 2.47. The van der Waals surface area contributed by atoms with Crippen molar-refractivity contribution in [2.24, 2.45) is 0 Å². The zero-order chi connectivity index (χ0) is 34.6. The molecule has 0 atom stereocenters. The van der Waals surface area contributed by atoms with Crippen molar-refractivity contribution in [2.45, 2.75) is 19.3 Å². The maximum Gasteiger partial charge on any atom is 0.0548 e. The molecule has 0 N–H and O–H groups in total. The molecule has 0 bridgehead atoms. The Morgan fingerprint density at radius 1 is 0.462 bits per heavy atom. The van der Waals surface area contributed by atoms with E-state index in [0.717, 1.165) is 17.1 Å². The molecule has 11 rings (SSSR count). The van der Waals surface area contributed by atoms with Gasteiger partial charge in [-0.3, -0.25) is 0 Å². The Morgan fingerprint density at radius 2 is 1.17 bits per heavy atom. The fraction of sp³-hybridized carbons (Fsp3) is 0.0612. The summed E-state index contributed by atoms with van der Waals surface area (Å²) in [4.78, 5) is 2.43. The van der Waals surface area contributed by atoms with Gasteiger partial charge in [-0.15, -0.1) is 11.3 Å². The van der Waals surface area contributed by atoms with Crippen LogP contribution in [0.3, 0.4) is 0 Å². The maximum atomic E-state index is 2.47. The molecule has 8 aromatic carbocycles. The van der Waals surface area contributed by atoms with Gasteiger partial charge in [-0.25, -0.2) is 0 Å².